The quantitative estimate of drug-likeness (QED) is 0.294. The molecule has 0 spiro atoms. The second kappa shape index (κ2) is 10.5. The third-order valence-corrected chi connectivity index (χ3v) is 3.31. The summed E-state index contributed by atoms with van der Waals surface area (Å²) in [6.07, 6.45) is 12.3. The largest absolute Gasteiger partial charge is 0.290 e. The van der Waals surface area contributed by atoms with Crippen molar-refractivity contribution in [1.29, 1.82) is 0 Å². The van der Waals surface area contributed by atoms with E-state index in [4.69, 9.17) is 12.8 Å². The molecule has 0 unspecified atom stereocenters. The lowest BCUT2D eigenvalue weighted by molar-refractivity contribution is -0.816. The van der Waals surface area contributed by atoms with Gasteiger partial charge in [-0.1, -0.05) is 25.7 Å². The van der Waals surface area contributed by atoms with Gasteiger partial charge in [0.15, 0.2) is 5.69 Å². The van der Waals surface area contributed by atoms with Gasteiger partial charge < -0.3 is 0 Å². The van der Waals surface area contributed by atoms with Crippen molar-refractivity contribution >= 4 is 6.21 Å². The number of aromatic nitrogens is 2. The Balaban J connectivity index is 0.00000277. The minimum atomic E-state index is -0.406. The van der Waals surface area contributed by atoms with Crippen molar-refractivity contribution in [2.75, 3.05) is 13.1 Å². The first-order chi connectivity index (χ1) is 11.7. The molecule has 0 bridgehead atoms. The molecule has 1 rings (SSSR count). The number of nitrogens with zero attached hydrogens (tertiary/aromatic N) is 4. The fourth-order valence-corrected chi connectivity index (χ4v) is 1.89. The van der Waals surface area contributed by atoms with Gasteiger partial charge in [-0.15, -0.1) is 12.8 Å². The molecule has 1 N–H and O–H groups in total. The first kappa shape index (κ1) is 22.6. The maximum Gasteiger partial charge on any atom is 0.243 e. The zero-order chi connectivity index (χ0) is 19.6. The molecule has 0 aromatic carbocycles. The predicted molar refractivity (Wildman–Crippen MR) is 103 cm³/mol. The number of terminal acetylenes is 2. The molecule has 0 aliphatic carbocycles. The summed E-state index contributed by atoms with van der Waals surface area (Å²) in [4.78, 5) is 11.1. The Bertz CT molecular complexity index is 657. The molecule has 25 heavy (non-hydrogen) atoms. The van der Waals surface area contributed by atoms with Crippen molar-refractivity contribution in [3.63, 3.8) is 0 Å². The molecule has 0 saturated carbocycles. The first-order valence-corrected chi connectivity index (χ1v) is 8.45. The fraction of sp³-hybridized carbons (Fsp3) is 0.550. The molecule has 1 aromatic heterocycles. The van der Waals surface area contributed by atoms with E-state index in [-0.39, 0.29) is 0 Å². The maximum atomic E-state index is 10.1. The SMILES string of the molecule is C#CCN(CC#C)Cc1nc(C)c(/C=[N+](\O)C(C)(C)C)nc1C.CC. The van der Waals surface area contributed by atoms with Crippen LogP contribution in [0.5, 0.6) is 0 Å². The standard InChI is InChI=1S/C18H25N4O.C2H6/c1-8-10-21(11-9-2)12-16-14(3)20-17(15(4)19-16)13-22(23)18(5,6)7;1-2/h1-2,13,23H,10-12H2,3-7H3;1-2H3/q+1;. The highest BCUT2D eigenvalue weighted by Gasteiger charge is 2.25. The molecule has 0 saturated heterocycles. The minimum absolute atomic E-state index is 0.406. The summed E-state index contributed by atoms with van der Waals surface area (Å²) in [5, 5.41) is 10.1. The molecule has 0 amide bonds. The van der Waals surface area contributed by atoms with E-state index in [2.05, 4.69) is 21.8 Å². The molecular formula is C20H31N4O+. The highest BCUT2D eigenvalue weighted by atomic mass is 16.5. The van der Waals surface area contributed by atoms with E-state index < -0.39 is 5.54 Å². The summed E-state index contributed by atoms with van der Waals surface area (Å²) in [5.41, 5.74) is 2.62. The molecule has 0 aliphatic rings. The summed E-state index contributed by atoms with van der Waals surface area (Å²) in [5.74, 6) is 5.19. The molecule has 0 atom stereocenters. The van der Waals surface area contributed by atoms with E-state index in [1.165, 1.54) is 0 Å². The first-order valence-electron chi connectivity index (χ1n) is 8.45. The smallest absolute Gasteiger partial charge is 0.243 e. The normalized spacial score (nSPS) is 11.4. The van der Waals surface area contributed by atoms with Crippen LogP contribution in [0.3, 0.4) is 0 Å². The van der Waals surface area contributed by atoms with Crippen molar-refractivity contribution in [2.24, 2.45) is 0 Å². The van der Waals surface area contributed by atoms with Crippen LogP contribution < -0.4 is 0 Å². The van der Waals surface area contributed by atoms with Crippen molar-refractivity contribution in [3.8, 4) is 24.7 Å². The van der Waals surface area contributed by atoms with Gasteiger partial charge in [-0.2, -0.15) is 0 Å². The van der Waals surface area contributed by atoms with Crippen LogP contribution in [0, 0.1) is 38.5 Å². The van der Waals surface area contributed by atoms with Crippen molar-refractivity contribution in [1.82, 2.24) is 14.9 Å². The lowest BCUT2D eigenvalue weighted by Gasteiger charge is -2.17. The highest BCUT2D eigenvalue weighted by molar-refractivity contribution is 5.74. The van der Waals surface area contributed by atoms with E-state index >= 15 is 0 Å². The monoisotopic (exact) mass is 343 g/mol. The van der Waals surface area contributed by atoms with E-state index in [9.17, 15) is 5.21 Å². The number of hydrogen-bond acceptors (Lipinski definition) is 4. The summed E-state index contributed by atoms with van der Waals surface area (Å²) in [6, 6.07) is 0. The second-order valence-electron chi connectivity index (χ2n) is 6.42. The van der Waals surface area contributed by atoms with E-state index in [1.807, 2.05) is 53.4 Å². The lowest BCUT2D eigenvalue weighted by Crippen LogP contribution is -2.32. The molecule has 0 aliphatic heterocycles. The van der Waals surface area contributed by atoms with Crippen LogP contribution in [0.1, 0.15) is 57.4 Å². The Kier molecular flexibility index (Phi) is 9.49. The van der Waals surface area contributed by atoms with Gasteiger partial charge in [-0.05, 0) is 18.6 Å². The second-order valence-corrected chi connectivity index (χ2v) is 6.42. The number of rotatable bonds is 5. The Hall–Kier alpha value is -2.37. The Morgan fingerprint density at radius 3 is 2.04 bits per heavy atom. The van der Waals surface area contributed by atoms with E-state index in [0.717, 1.165) is 21.8 Å². The van der Waals surface area contributed by atoms with Crippen molar-refractivity contribution < 1.29 is 9.95 Å². The van der Waals surface area contributed by atoms with Gasteiger partial charge >= 0.3 is 0 Å². The molecular weight excluding hydrogens is 312 g/mol. The molecule has 1 heterocycles. The van der Waals surface area contributed by atoms with Crippen LogP contribution in [0.25, 0.3) is 0 Å². The lowest BCUT2D eigenvalue weighted by atomic mass is 10.1. The average molecular weight is 343 g/mol. The molecule has 0 fully saturated rings. The summed E-state index contributed by atoms with van der Waals surface area (Å²) < 4.78 is 1.14. The van der Waals surface area contributed by atoms with Gasteiger partial charge in [0.05, 0.1) is 30.2 Å². The number of hydrogen-bond donors (Lipinski definition) is 1. The molecule has 5 heteroatoms. The Labute approximate surface area is 152 Å². The molecule has 136 valence electrons. The fourth-order valence-electron chi connectivity index (χ4n) is 1.89. The Morgan fingerprint density at radius 1 is 1.08 bits per heavy atom. The van der Waals surface area contributed by atoms with Crippen LogP contribution >= 0.6 is 0 Å². The van der Waals surface area contributed by atoms with Crippen LogP contribution in [0.2, 0.25) is 0 Å². The average Bonchev–Trinajstić information content (AvgIpc) is 2.53. The maximum absolute atomic E-state index is 10.1. The summed E-state index contributed by atoms with van der Waals surface area (Å²) >= 11 is 0. The topological polar surface area (TPSA) is 52.3 Å². The van der Waals surface area contributed by atoms with Crippen molar-refractivity contribution in [3.05, 3.63) is 22.8 Å². The van der Waals surface area contributed by atoms with Gasteiger partial charge in [0.1, 0.15) is 0 Å². The van der Waals surface area contributed by atoms with Gasteiger partial charge in [-0.25, -0.2) is 4.98 Å². The van der Waals surface area contributed by atoms with Gasteiger partial charge in [0.25, 0.3) is 0 Å². The highest BCUT2D eigenvalue weighted by Crippen LogP contribution is 2.11. The van der Waals surface area contributed by atoms with Crippen molar-refractivity contribution in [2.45, 2.75) is 60.5 Å². The summed E-state index contributed by atoms with van der Waals surface area (Å²) in [7, 11) is 0. The van der Waals surface area contributed by atoms with Crippen LogP contribution in [0.4, 0.5) is 0 Å². The molecule has 0 radical (unpaired) electrons. The van der Waals surface area contributed by atoms with Gasteiger partial charge in [0, 0.05) is 27.3 Å². The van der Waals surface area contributed by atoms with E-state index in [0.29, 0.717) is 25.3 Å². The zero-order valence-electron chi connectivity index (χ0n) is 16.6. The van der Waals surface area contributed by atoms with Gasteiger partial charge in [-0.3, -0.25) is 15.1 Å². The Morgan fingerprint density at radius 2 is 1.60 bits per heavy atom. The van der Waals surface area contributed by atoms with E-state index in [1.54, 1.807) is 6.21 Å². The molecule has 5 nitrogen and oxygen atoms in total. The number of aryl methyl sites for hydroxylation is 2. The third kappa shape index (κ3) is 7.37. The minimum Gasteiger partial charge on any atom is -0.290 e. The van der Waals surface area contributed by atoms with Crippen LogP contribution in [-0.2, 0) is 6.54 Å². The third-order valence-electron chi connectivity index (χ3n) is 3.31. The number of hydroxylamine groups is 1. The van der Waals surface area contributed by atoms with Crippen LogP contribution in [0.15, 0.2) is 0 Å². The van der Waals surface area contributed by atoms with Crippen LogP contribution in [-0.4, -0.2) is 49.7 Å². The summed E-state index contributed by atoms with van der Waals surface area (Å²) in [6.45, 7) is 15.0. The zero-order valence-corrected chi connectivity index (χ0v) is 16.6. The predicted octanol–water partition coefficient (Wildman–Crippen LogP) is 2.81. The molecule has 1 aromatic rings. The van der Waals surface area contributed by atoms with Gasteiger partial charge in [0.2, 0.25) is 11.8 Å².